The monoisotopic (exact) mass is 365 g/mol. The van der Waals surface area contributed by atoms with E-state index >= 15 is 0 Å². The number of fused-ring (bicyclic) bond motifs is 1. The van der Waals surface area contributed by atoms with Gasteiger partial charge in [0.2, 0.25) is 11.8 Å². The molecular weight excluding hydrogens is 338 g/mol. The van der Waals surface area contributed by atoms with Crippen LogP contribution in [0.15, 0.2) is 48.5 Å². The molecule has 1 heterocycles. The summed E-state index contributed by atoms with van der Waals surface area (Å²) < 4.78 is 0. The van der Waals surface area contributed by atoms with Crippen LogP contribution in [0.2, 0.25) is 0 Å². The number of carbonyl (C=O) groups excluding carboxylic acids is 2. The molecule has 2 aromatic rings. The summed E-state index contributed by atoms with van der Waals surface area (Å²) in [5, 5.41) is 2.92. The van der Waals surface area contributed by atoms with E-state index in [4.69, 9.17) is 0 Å². The summed E-state index contributed by atoms with van der Waals surface area (Å²) in [6, 6.07) is 15.9. The van der Waals surface area contributed by atoms with Gasteiger partial charge >= 0.3 is 0 Å². The molecule has 27 heavy (non-hydrogen) atoms. The number of aryl methyl sites for hydroxylation is 1. The lowest BCUT2D eigenvalue weighted by molar-refractivity contribution is -0.133. The molecule has 1 N–H and O–H groups in total. The van der Waals surface area contributed by atoms with Crippen molar-refractivity contribution in [2.24, 2.45) is 0 Å². The van der Waals surface area contributed by atoms with Gasteiger partial charge in [-0.1, -0.05) is 43.3 Å². The summed E-state index contributed by atoms with van der Waals surface area (Å²) in [5.74, 6) is -0.165. The molecule has 3 rings (SSSR count). The third-order valence-electron chi connectivity index (χ3n) is 4.91. The number of benzene rings is 2. The summed E-state index contributed by atoms with van der Waals surface area (Å²) in [4.78, 5) is 29.1. The molecule has 5 nitrogen and oxygen atoms in total. The highest BCUT2D eigenvalue weighted by molar-refractivity contribution is 5.95. The lowest BCUT2D eigenvalue weighted by atomic mass is 10.2. The Morgan fingerprint density at radius 2 is 1.85 bits per heavy atom. The van der Waals surface area contributed by atoms with Crippen molar-refractivity contribution >= 4 is 23.2 Å². The third-order valence-corrected chi connectivity index (χ3v) is 4.91. The number of nitrogens with zero attached hydrogens (tertiary/aromatic N) is 2. The molecule has 0 bridgehead atoms. The molecule has 0 radical (unpaired) electrons. The number of carbonyl (C=O) groups is 2. The Kier molecular flexibility index (Phi) is 6.12. The quantitative estimate of drug-likeness (QED) is 0.820. The number of hydrogen-bond acceptors (Lipinski definition) is 3. The van der Waals surface area contributed by atoms with Crippen molar-refractivity contribution in [1.82, 2.24) is 4.90 Å². The van der Waals surface area contributed by atoms with Crippen LogP contribution in [0.4, 0.5) is 11.4 Å². The van der Waals surface area contributed by atoms with Gasteiger partial charge in [-0.25, -0.2) is 0 Å². The smallest absolute Gasteiger partial charge is 0.244 e. The molecule has 2 amide bonds. The van der Waals surface area contributed by atoms with Gasteiger partial charge in [0.15, 0.2) is 0 Å². The average Bonchev–Trinajstić information content (AvgIpc) is 3.06. The van der Waals surface area contributed by atoms with Crippen LogP contribution >= 0.6 is 0 Å². The number of nitrogens with one attached hydrogen (secondary N) is 1. The van der Waals surface area contributed by atoms with E-state index in [-0.39, 0.29) is 18.4 Å². The minimum atomic E-state index is -0.159. The van der Waals surface area contributed by atoms with E-state index in [1.54, 1.807) is 4.90 Å². The van der Waals surface area contributed by atoms with Crippen LogP contribution in [-0.2, 0) is 16.0 Å². The maximum absolute atomic E-state index is 12.9. The van der Waals surface area contributed by atoms with Gasteiger partial charge in [0.25, 0.3) is 0 Å². The van der Waals surface area contributed by atoms with Gasteiger partial charge in [0.1, 0.15) is 0 Å². The summed E-state index contributed by atoms with van der Waals surface area (Å²) in [6.45, 7) is 5.79. The average molecular weight is 365 g/mol. The van der Waals surface area contributed by atoms with Crippen LogP contribution in [0.1, 0.15) is 24.5 Å². The second-order valence-electron chi connectivity index (χ2n) is 6.98. The van der Waals surface area contributed by atoms with Crippen molar-refractivity contribution < 1.29 is 9.59 Å². The maximum atomic E-state index is 12.9. The molecule has 0 saturated heterocycles. The molecule has 0 saturated carbocycles. The normalized spacial score (nSPS) is 12.6. The van der Waals surface area contributed by atoms with E-state index in [0.717, 1.165) is 36.3 Å². The van der Waals surface area contributed by atoms with Crippen molar-refractivity contribution in [2.75, 3.05) is 36.4 Å². The standard InChI is InChI=1S/C22H27N3O2/c1-3-13-25(15-21(26)23-19-10-6-4-8-17(19)2)22(27)16-24-14-12-18-9-5-7-11-20(18)24/h4-11H,3,12-16H2,1-2H3,(H,23,26). The second-order valence-corrected chi connectivity index (χ2v) is 6.98. The van der Waals surface area contributed by atoms with Gasteiger partial charge in [-0.05, 0) is 43.0 Å². The molecular formula is C22H27N3O2. The third kappa shape index (κ3) is 4.67. The first-order valence-corrected chi connectivity index (χ1v) is 9.54. The fourth-order valence-electron chi connectivity index (χ4n) is 3.47. The SMILES string of the molecule is CCCN(CC(=O)Nc1ccccc1C)C(=O)CN1CCc2ccccc21. The van der Waals surface area contributed by atoms with Crippen LogP contribution in [0.3, 0.4) is 0 Å². The number of para-hydroxylation sites is 2. The van der Waals surface area contributed by atoms with Gasteiger partial charge in [-0.3, -0.25) is 9.59 Å². The van der Waals surface area contributed by atoms with Gasteiger partial charge in [0, 0.05) is 24.5 Å². The van der Waals surface area contributed by atoms with Gasteiger partial charge in [-0.2, -0.15) is 0 Å². The zero-order valence-corrected chi connectivity index (χ0v) is 16.1. The van der Waals surface area contributed by atoms with Gasteiger partial charge in [-0.15, -0.1) is 0 Å². The predicted molar refractivity (Wildman–Crippen MR) is 109 cm³/mol. The van der Waals surface area contributed by atoms with E-state index in [1.165, 1.54) is 5.56 Å². The Morgan fingerprint density at radius 3 is 2.63 bits per heavy atom. The Balaban J connectivity index is 1.62. The first-order valence-electron chi connectivity index (χ1n) is 9.54. The van der Waals surface area contributed by atoms with Crippen LogP contribution in [-0.4, -0.2) is 42.9 Å². The molecule has 5 heteroatoms. The predicted octanol–water partition coefficient (Wildman–Crippen LogP) is 3.23. The lowest BCUT2D eigenvalue weighted by Crippen LogP contribution is -2.44. The highest BCUT2D eigenvalue weighted by Gasteiger charge is 2.24. The topological polar surface area (TPSA) is 52.7 Å². The largest absolute Gasteiger partial charge is 0.362 e. The molecule has 0 fully saturated rings. The van der Waals surface area contributed by atoms with Crippen molar-refractivity contribution in [3.8, 4) is 0 Å². The molecule has 1 aliphatic heterocycles. The fourth-order valence-corrected chi connectivity index (χ4v) is 3.47. The Morgan fingerprint density at radius 1 is 1.11 bits per heavy atom. The van der Waals surface area contributed by atoms with E-state index in [9.17, 15) is 9.59 Å². The molecule has 0 unspecified atom stereocenters. The number of hydrogen-bond donors (Lipinski definition) is 1. The molecule has 0 aliphatic carbocycles. The lowest BCUT2D eigenvalue weighted by Gasteiger charge is -2.26. The Labute approximate surface area is 161 Å². The van der Waals surface area contributed by atoms with Crippen molar-refractivity contribution in [1.29, 1.82) is 0 Å². The Bertz CT molecular complexity index is 819. The maximum Gasteiger partial charge on any atom is 0.244 e. The summed E-state index contributed by atoms with van der Waals surface area (Å²) >= 11 is 0. The van der Waals surface area contributed by atoms with Crippen LogP contribution in [0, 0.1) is 6.92 Å². The fraction of sp³-hybridized carbons (Fsp3) is 0.364. The first kappa shape index (κ1) is 19.0. The minimum Gasteiger partial charge on any atom is -0.362 e. The second kappa shape index (κ2) is 8.71. The number of rotatable bonds is 7. The van der Waals surface area contributed by atoms with Crippen LogP contribution < -0.4 is 10.2 Å². The van der Waals surface area contributed by atoms with E-state index < -0.39 is 0 Å². The zero-order valence-electron chi connectivity index (χ0n) is 16.1. The summed E-state index contributed by atoms with van der Waals surface area (Å²) in [5.41, 5.74) is 4.21. The molecule has 0 aromatic heterocycles. The molecule has 2 aromatic carbocycles. The van der Waals surface area contributed by atoms with Gasteiger partial charge < -0.3 is 15.1 Å². The van der Waals surface area contributed by atoms with E-state index in [0.29, 0.717) is 13.1 Å². The highest BCUT2D eigenvalue weighted by atomic mass is 16.2. The Hall–Kier alpha value is -2.82. The minimum absolute atomic E-state index is 0.00603. The molecule has 0 atom stereocenters. The summed E-state index contributed by atoms with van der Waals surface area (Å²) in [7, 11) is 0. The molecule has 1 aliphatic rings. The van der Waals surface area contributed by atoms with E-state index in [1.807, 2.05) is 50.2 Å². The first-order chi connectivity index (χ1) is 13.1. The van der Waals surface area contributed by atoms with Crippen molar-refractivity contribution in [3.05, 3.63) is 59.7 Å². The van der Waals surface area contributed by atoms with Gasteiger partial charge in [0.05, 0.1) is 13.1 Å². The summed E-state index contributed by atoms with van der Waals surface area (Å²) in [6.07, 6.45) is 1.78. The zero-order chi connectivity index (χ0) is 19.2. The number of anilines is 2. The van der Waals surface area contributed by atoms with Crippen LogP contribution in [0.25, 0.3) is 0 Å². The van der Waals surface area contributed by atoms with Crippen molar-refractivity contribution in [2.45, 2.75) is 26.7 Å². The highest BCUT2D eigenvalue weighted by Crippen LogP contribution is 2.27. The van der Waals surface area contributed by atoms with Crippen LogP contribution in [0.5, 0.6) is 0 Å². The molecule has 0 spiro atoms. The van der Waals surface area contributed by atoms with Crippen molar-refractivity contribution in [3.63, 3.8) is 0 Å². The molecule has 142 valence electrons. The van der Waals surface area contributed by atoms with E-state index in [2.05, 4.69) is 22.3 Å². The number of amides is 2.